The fourth-order valence-electron chi connectivity index (χ4n) is 7.13. The van der Waals surface area contributed by atoms with E-state index in [1.54, 1.807) is 22.5 Å². The molecule has 0 bridgehead atoms. The fourth-order valence-corrected chi connectivity index (χ4v) is 8.75. The van der Waals surface area contributed by atoms with Crippen molar-refractivity contribution in [3.8, 4) is 11.8 Å². The van der Waals surface area contributed by atoms with Crippen LogP contribution in [0.3, 0.4) is 0 Å². The van der Waals surface area contributed by atoms with E-state index in [0.29, 0.717) is 49.1 Å². The van der Waals surface area contributed by atoms with Gasteiger partial charge in [-0.3, -0.25) is 13.9 Å². The Morgan fingerprint density at radius 1 is 1.02 bits per heavy atom. The van der Waals surface area contributed by atoms with E-state index in [2.05, 4.69) is 43.8 Å². The number of anilines is 1. The summed E-state index contributed by atoms with van der Waals surface area (Å²) in [5, 5.41) is 12.0. The van der Waals surface area contributed by atoms with Crippen LogP contribution in [0.2, 0.25) is 0 Å². The highest BCUT2D eigenvalue weighted by Gasteiger charge is 2.41. The largest absolute Gasteiger partial charge is 0.487 e. The van der Waals surface area contributed by atoms with E-state index in [1.165, 1.54) is 12.4 Å². The molecule has 1 amide bonds. The number of aromatic nitrogens is 5. The Labute approximate surface area is 331 Å². The summed E-state index contributed by atoms with van der Waals surface area (Å²) in [7, 11) is -3.39. The number of nitrogens with one attached hydrogen (secondary N) is 1. The molecule has 14 heteroatoms. The van der Waals surface area contributed by atoms with Gasteiger partial charge in [0, 0.05) is 19.0 Å². The maximum atomic E-state index is 14.5. The van der Waals surface area contributed by atoms with Crippen LogP contribution in [0.15, 0.2) is 71.9 Å². The highest BCUT2D eigenvalue weighted by Crippen LogP contribution is 2.57. The lowest BCUT2D eigenvalue weighted by molar-refractivity contribution is -0.124. The molecule has 13 nitrogen and oxygen atoms in total. The molecule has 6 rings (SSSR count). The minimum atomic E-state index is -3.39. The molecule has 1 aliphatic rings. The van der Waals surface area contributed by atoms with Crippen LogP contribution in [0.25, 0.3) is 11.0 Å². The third-order valence-electron chi connectivity index (χ3n) is 10.3. The summed E-state index contributed by atoms with van der Waals surface area (Å²) in [5.74, 6) is -0.205. The SMILES string of the molecule is CC[C@@H]1CN(Cc2cc([C@@H](c3ccc4c(nnn4CC)c3C)C(C)(C)C(=O)Nc3cnc(OCCOC(C)(C)C)nc3)ccc2C)S(O)(O)c2ccccc2O1. The van der Waals surface area contributed by atoms with E-state index in [-0.39, 0.29) is 30.2 Å². The Bertz CT molecular complexity index is 2170. The van der Waals surface area contributed by atoms with Crippen molar-refractivity contribution in [2.75, 3.05) is 25.1 Å². The molecule has 5 aromatic rings. The van der Waals surface area contributed by atoms with Gasteiger partial charge in [0.1, 0.15) is 28.9 Å². The van der Waals surface area contributed by atoms with Crippen molar-refractivity contribution in [3.05, 3.63) is 94.8 Å². The predicted molar refractivity (Wildman–Crippen MR) is 219 cm³/mol. The molecule has 0 saturated heterocycles. The average Bonchev–Trinajstić information content (AvgIpc) is 3.55. The van der Waals surface area contributed by atoms with Crippen LogP contribution < -0.4 is 14.8 Å². The Morgan fingerprint density at radius 2 is 1.75 bits per heavy atom. The van der Waals surface area contributed by atoms with Gasteiger partial charge in [-0.05, 0) is 94.0 Å². The van der Waals surface area contributed by atoms with Crippen LogP contribution in [0.1, 0.15) is 88.6 Å². The molecule has 3 aromatic carbocycles. The first-order valence-corrected chi connectivity index (χ1v) is 20.6. The number of carbonyl (C=O) groups is 1. The van der Waals surface area contributed by atoms with Crippen LogP contribution in [-0.4, -0.2) is 75.7 Å². The van der Waals surface area contributed by atoms with Crippen molar-refractivity contribution < 1.29 is 28.1 Å². The van der Waals surface area contributed by atoms with Gasteiger partial charge in [0.05, 0.1) is 47.8 Å². The first-order chi connectivity index (χ1) is 26.5. The van der Waals surface area contributed by atoms with Crippen molar-refractivity contribution in [1.82, 2.24) is 29.3 Å². The lowest BCUT2D eigenvalue weighted by Gasteiger charge is -2.42. The van der Waals surface area contributed by atoms with Gasteiger partial charge < -0.3 is 19.5 Å². The van der Waals surface area contributed by atoms with E-state index in [9.17, 15) is 13.9 Å². The Balaban J connectivity index is 1.35. The first kappa shape index (κ1) is 41.0. The van der Waals surface area contributed by atoms with Crippen LogP contribution in [0, 0.1) is 19.3 Å². The number of fused-ring (bicyclic) bond motifs is 2. The minimum Gasteiger partial charge on any atom is -0.487 e. The second kappa shape index (κ2) is 16.5. The number of benzene rings is 3. The van der Waals surface area contributed by atoms with Crippen molar-refractivity contribution in [2.45, 2.75) is 104 Å². The molecule has 0 radical (unpaired) electrons. The molecule has 300 valence electrons. The summed E-state index contributed by atoms with van der Waals surface area (Å²) in [6, 6.07) is 17.6. The van der Waals surface area contributed by atoms with Gasteiger partial charge in [-0.2, -0.15) is 4.31 Å². The lowest BCUT2D eigenvalue weighted by Crippen LogP contribution is -2.37. The molecule has 3 heterocycles. The quantitative estimate of drug-likeness (QED) is 0.0983. The standard InChI is InChI=1S/C42H55N7O6S/c1-10-32-26-48(56(51,52)36-15-13-12-14-35(36)55-32)25-30-22-29(17-16-27(30)3)37(33-18-19-34-38(28(33)4)46-47-49(34)11-2)42(8,9)39(50)45-31-23-43-40(44-24-31)53-20-21-54-41(5,6)7/h12-19,22-24,32,37,51-52H,10-11,20-21,25-26H2,1-9H3,(H,45,50)/t32-,37+/m1/s1. The van der Waals surface area contributed by atoms with Gasteiger partial charge in [0.2, 0.25) is 5.91 Å². The number of hydrogen-bond acceptors (Lipinski definition) is 11. The molecular weight excluding hydrogens is 731 g/mol. The highest BCUT2D eigenvalue weighted by atomic mass is 32.3. The smallest absolute Gasteiger partial charge is 0.316 e. The molecule has 0 saturated carbocycles. The topological polar surface area (TPSA) is 157 Å². The van der Waals surface area contributed by atoms with E-state index in [0.717, 1.165) is 38.9 Å². The molecule has 2 atom stereocenters. The van der Waals surface area contributed by atoms with E-state index in [4.69, 9.17) is 14.2 Å². The van der Waals surface area contributed by atoms with Crippen molar-refractivity contribution in [2.24, 2.45) is 5.41 Å². The average molecular weight is 786 g/mol. The number of nitrogens with zero attached hydrogens (tertiary/aromatic N) is 6. The number of ether oxygens (including phenoxy) is 3. The molecule has 0 spiro atoms. The van der Waals surface area contributed by atoms with E-state index < -0.39 is 22.1 Å². The lowest BCUT2D eigenvalue weighted by atomic mass is 9.69. The maximum Gasteiger partial charge on any atom is 0.316 e. The second-order valence-corrected chi connectivity index (χ2v) is 17.8. The Morgan fingerprint density at radius 3 is 2.45 bits per heavy atom. The summed E-state index contributed by atoms with van der Waals surface area (Å²) in [5.41, 5.74) is 5.46. The molecule has 0 fully saturated rings. The molecule has 3 N–H and O–H groups in total. The predicted octanol–water partition coefficient (Wildman–Crippen LogP) is 8.55. The second-order valence-electron chi connectivity index (χ2n) is 15.8. The van der Waals surface area contributed by atoms with Gasteiger partial charge in [-0.25, -0.2) is 14.6 Å². The zero-order valence-corrected chi connectivity index (χ0v) is 34.7. The molecule has 2 aromatic heterocycles. The zero-order valence-electron chi connectivity index (χ0n) is 33.9. The number of amides is 1. The minimum absolute atomic E-state index is 0.190. The van der Waals surface area contributed by atoms with Gasteiger partial charge in [-0.1, -0.05) is 62.4 Å². The molecule has 0 aliphatic carbocycles. The van der Waals surface area contributed by atoms with Gasteiger partial charge in [0.25, 0.3) is 0 Å². The summed E-state index contributed by atoms with van der Waals surface area (Å²) in [4.78, 5) is 23.5. The highest BCUT2D eigenvalue weighted by molar-refractivity contribution is 8.22. The molecular formula is C42H55N7O6S. The third kappa shape index (κ3) is 8.69. The number of aryl methyl sites for hydroxylation is 3. The van der Waals surface area contributed by atoms with E-state index >= 15 is 0 Å². The molecule has 1 aliphatic heterocycles. The van der Waals surface area contributed by atoms with Crippen molar-refractivity contribution in [1.29, 1.82) is 0 Å². The van der Waals surface area contributed by atoms with Crippen molar-refractivity contribution in [3.63, 3.8) is 0 Å². The maximum absolute atomic E-state index is 14.5. The summed E-state index contributed by atoms with van der Waals surface area (Å²) >= 11 is 0. The van der Waals surface area contributed by atoms with Crippen LogP contribution in [0.5, 0.6) is 11.8 Å². The van der Waals surface area contributed by atoms with Gasteiger partial charge in [0.15, 0.2) is 0 Å². The number of carbonyl (C=O) groups excluding carboxylic acids is 1. The molecule has 56 heavy (non-hydrogen) atoms. The van der Waals surface area contributed by atoms with Crippen LogP contribution in [0.4, 0.5) is 5.69 Å². The van der Waals surface area contributed by atoms with Gasteiger partial charge in [-0.15, -0.1) is 15.9 Å². The first-order valence-electron chi connectivity index (χ1n) is 19.1. The fraction of sp³-hybridized carbons (Fsp3) is 0.452. The number of rotatable bonds is 13. The van der Waals surface area contributed by atoms with Crippen molar-refractivity contribution >= 4 is 33.4 Å². The van der Waals surface area contributed by atoms with Crippen LogP contribution >= 0.6 is 10.8 Å². The summed E-state index contributed by atoms with van der Waals surface area (Å²) in [6.45, 7) is 19.8. The normalized spacial score (nSPS) is 17.1. The third-order valence-corrected chi connectivity index (χ3v) is 12.3. The summed E-state index contributed by atoms with van der Waals surface area (Å²) in [6.07, 6.45) is 3.53. The number of hydrogen-bond donors (Lipinski definition) is 3. The number of para-hydroxylation sites is 1. The molecule has 0 unspecified atom stereocenters. The monoisotopic (exact) mass is 785 g/mol. The van der Waals surface area contributed by atoms with Crippen LogP contribution in [-0.2, 0) is 22.6 Å². The van der Waals surface area contributed by atoms with Gasteiger partial charge >= 0.3 is 6.01 Å². The summed E-state index contributed by atoms with van der Waals surface area (Å²) < 4.78 is 44.8. The zero-order chi connectivity index (χ0) is 40.4. The Hall–Kier alpha value is -4.60. The Kier molecular flexibility index (Phi) is 12.1. The van der Waals surface area contributed by atoms with E-state index in [1.807, 2.05) is 85.2 Å².